The maximum atomic E-state index is 12.1. The Balaban J connectivity index is 2.51. The van der Waals surface area contributed by atoms with E-state index in [0.29, 0.717) is 6.61 Å². The van der Waals surface area contributed by atoms with E-state index in [1.165, 1.54) is 0 Å². The van der Waals surface area contributed by atoms with Gasteiger partial charge in [0.1, 0.15) is 0 Å². The van der Waals surface area contributed by atoms with Crippen LogP contribution < -0.4 is 5.73 Å². The van der Waals surface area contributed by atoms with Gasteiger partial charge in [0.05, 0.1) is 6.61 Å². The second-order valence-electron chi connectivity index (χ2n) is 4.24. The molecule has 2 N–H and O–H groups in total. The molecular weight excluding hydrogens is 243 g/mol. The van der Waals surface area contributed by atoms with Gasteiger partial charge in [0.25, 0.3) is 0 Å². The van der Waals surface area contributed by atoms with Crippen LogP contribution in [0.25, 0.3) is 0 Å². The van der Waals surface area contributed by atoms with Gasteiger partial charge in [-0.2, -0.15) is 13.2 Å². The maximum Gasteiger partial charge on any atom is 0.389 e. The number of halogens is 3. The van der Waals surface area contributed by atoms with Crippen LogP contribution in [0, 0.1) is 0 Å². The van der Waals surface area contributed by atoms with Gasteiger partial charge in [-0.15, -0.1) is 0 Å². The molecule has 18 heavy (non-hydrogen) atoms. The lowest BCUT2D eigenvalue weighted by Crippen LogP contribution is -2.15. The van der Waals surface area contributed by atoms with Crippen molar-refractivity contribution in [3.63, 3.8) is 0 Å². The molecule has 0 aromatic heterocycles. The average Bonchev–Trinajstić information content (AvgIpc) is 2.33. The molecule has 2 nitrogen and oxygen atoms in total. The third-order valence-corrected chi connectivity index (χ3v) is 2.74. The number of benzene rings is 1. The summed E-state index contributed by atoms with van der Waals surface area (Å²) in [5.74, 6) is 0. The second kappa shape index (κ2) is 6.75. The van der Waals surface area contributed by atoms with E-state index in [1.54, 1.807) is 19.2 Å². The molecule has 1 rings (SSSR count). The molecule has 0 aliphatic carbocycles. The van der Waals surface area contributed by atoms with Crippen LogP contribution in [0.1, 0.15) is 30.0 Å². The molecule has 0 radical (unpaired) electrons. The first-order valence-electron chi connectivity index (χ1n) is 5.82. The summed E-state index contributed by atoms with van der Waals surface area (Å²) in [5, 5.41) is 0. The summed E-state index contributed by atoms with van der Waals surface area (Å²) in [5.41, 5.74) is 7.55. The fraction of sp³-hybridized carbons (Fsp3) is 0.538. The monoisotopic (exact) mass is 261 g/mol. The van der Waals surface area contributed by atoms with E-state index in [-0.39, 0.29) is 6.42 Å². The first-order valence-corrected chi connectivity index (χ1v) is 5.82. The van der Waals surface area contributed by atoms with Crippen molar-refractivity contribution < 1.29 is 17.9 Å². The molecule has 0 aliphatic rings. The van der Waals surface area contributed by atoms with Crippen molar-refractivity contribution in [1.82, 2.24) is 0 Å². The molecule has 1 atom stereocenters. The topological polar surface area (TPSA) is 35.2 Å². The minimum absolute atomic E-state index is 0.0824. The summed E-state index contributed by atoms with van der Waals surface area (Å²) in [4.78, 5) is 0. The van der Waals surface area contributed by atoms with Gasteiger partial charge in [0.15, 0.2) is 0 Å². The number of hydrogen-bond acceptors (Lipinski definition) is 2. The number of methoxy groups -OCH3 is 1. The third-order valence-electron chi connectivity index (χ3n) is 2.74. The Morgan fingerprint density at radius 3 is 2.33 bits per heavy atom. The third kappa shape index (κ3) is 5.51. The summed E-state index contributed by atoms with van der Waals surface area (Å²) in [7, 11) is 1.63. The SMILES string of the molecule is COCCc1ccc(C(N)CCC(F)(F)F)cc1. The molecule has 0 spiro atoms. The predicted molar refractivity (Wildman–Crippen MR) is 64.2 cm³/mol. The molecule has 102 valence electrons. The molecule has 1 aromatic carbocycles. The van der Waals surface area contributed by atoms with E-state index in [9.17, 15) is 13.2 Å². The number of ether oxygens (including phenoxy) is 1. The summed E-state index contributed by atoms with van der Waals surface area (Å²) >= 11 is 0. The number of nitrogens with two attached hydrogens (primary N) is 1. The van der Waals surface area contributed by atoms with Gasteiger partial charge in [-0.25, -0.2) is 0 Å². The highest BCUT2D eigenvalue weighted by Crippen LogP contribution is 2.26. The predicted octanol–water partition coefficient (Wildman–Crippen LogP) is 3.22. The Kier molecular flexibility index (Phi) is 5.62. The Bertz CT molecular complexity index is 348. The Labute approximate surface area is 105 Å². The summed E-state index contributed by atoms with van der Waals surface area (Å²) in [6.07, 6.45) is -4.29. The van der Waals surface area contributed by atoms with Crippen molar-refractivity contribution in [2.45, 2.75) is 31.5 Å². The van der Waals surface area contributed by atoms with E-state index in [0.717, 1.165) is 17.5 Å². The van der Waals surface area contributed by atoms with Crippen LogP contribution in [0.4, 0.5) is 13.2 Å². The Morgan fingerprint density at radius 2 is 1.83 bits per heavy atom. The van der Waals surface area contributed by atoms with Crippen molar-refractivity contribution in [2.75, 3.05) is 13.7 Å². The van der Waals surface area contributed by atoms with Crippen LogP contribution in [0.5, 0.6) is 0 Å². The zero-order valence-electron chi connectivity index (χ0n) is 10.3. The van der Waals surface area contributed by atoms with Gasteiger partial charge in [0.2, 0.25) is 0 Å². The van der Waals surface area contributed by atoms with Gasteiger partial charge < -0.3 is 10.5 Å². The second-order valence-corrected chi connectivity index (χ2v) is 4.24. The van der Waals surface area contributed by atoms with Crippen LogP contribution in [-0.4, -0.2) is 19.9 Å². The molecule has 5 heteroatoms. The lowest BCUT2D eigenvalue weighted by atomic mass is 10.0. The summed E-state index contributed by atoms with van der Waals surface area (Å²) < 4.78 is 41.1. The first-order chi connectivity index (χ1) is 8.42. The molecule has 0 fully saturated rings. The van der Waals surface area contributed by atoms with Crippen molar-refractivity contribution in [3.05, 3.63) is 35.4 Å². The highest BCUT2D eigenvalue weighted by atomic mass is 19.4. The van der Waals surface area contributed by atoms with E-state index in [4.69, 9.17) is 10.5 Å². The zero-order valence-corrected chi connectivity index (χ0v) is 10.3. The minimum atomic E-state index is -4.14. The van der Waals surface area contributed by atoms with Crippen LogP contribution in [0.2, 0.25) is 0 Å². The van der Waals surface area contributed by atoms with Crippen LogP contribution in [0.15, 0.2) is 24.3 Å². The van der Waals surface area contributed by atoms with Gasteiger partial charge in [-0.1, -0.05) is 24.3 Å². The molecule has 0 saturated heterocycles. The maximum absolute atomic E-state index is 12.1. The normalized spacial score (nSPS) is 13.6. The molecule has 1 unspecified atom stereocenters. The quantitative estimate of drug-likeness (QED) is 0.853. The molecule has 0 aliphatic heterocycles. The fourth-order valence-electron chi connectivity index (χ4n) is 1.64. The number of alkyl halides is 3. The Morgan fingerprint density at radius 1 is 1.22 bits per heavy atom. The minimum Gasteiger partial charge on any atom is -0.384 e. The van der Waals surface area contributed by atoms with E-state index in [1.807, 2.05) is 12.1 Å². The summed E-state index contributed by atoms with van der Waals surface area (Å²) in [6.45, 7) is 0.624. The van der Waals surface area contributed by atoms with Gasteiger partial charge in [0, 0.05) is 19.6 Å². The van der Waals surface area contributed by atoms with Crippen LogP contribution >= 0.6 is 0 Å². The van der Waals surface area contributed by atoms with Crippen molar-refractivity contribution >= 4 is 0 Å². The fourth-order valence-corrected chi connectivity index (χ4v) is 1.64. The van der Waals surface area contributed by atoms with Gasteiger partial charge in [-0.3, -0.25) is 0 Å². The Hall–Kier alpha value is -1.07. The first kappa shape index (κ1) is 15.0. The lowest BCUT2D eigenvalue weighted by Gasteiger charge is -2.14. The van der Waals surface area contributed by atoms with Crippen molar-refractivity contribution in [2.24, 2.45) is 5.73 Å². The highest BCUT2D eigenvalue weighted by molar-refractivity contribution is 5.25. The standard InChI is InChI=1S/C13H18F3NO/c1-18-9-7-10-2-4-11(5-3-10)12(17)6-8-13(14,15)16/h2-5,12H,6-9,17H2,1H3. The van der Waals surface area contributed by atoms with Crippen molar-refractivity contribution in [3.8, 4) is 0 Å². The molecule has 0 saturated carbocycles. The number of hydrogen-bond donors (Lipinski definition) is 1. The van der Waals surface area contributed by atoms with E-state index in [2.05, 4.69) is 0 Å². The smallest absolute Gasteiger partial charge is 0.384 e. The van der Waals surface area contributed by atoms with Gasteiger partial charge >= 0.3 is 6.18 Å². The largest absolute Gasteiger partial charge is 0.389 e. The molecule has 0 bridgehead atoms. The lowest BCUT2D eigenvalue weighted by molar-refractivity contribution is -0.136. The van der Waals surface area contributed by atoms with Crippen molar-refractivity contribution in [1.29, 1.82) is 0 Å². The molecule has 1 aromatic rings. The highest BCUT2D eigenvalue weighted by Gasteiger charge is 2.27. The van der Waals surface area contributed by atoms with Gasteiger partial charge in [-0.05, 0) is 24.0 Å². The molecule has 0 amide bonds. The molecular formula is C13H18F3NO. The van der Waals surface area contributed by atoms with E-state index < -0.39 is 18.6 Å². The molecule has 0 heterocycles. The number of rotatable bonds is 6. The van der Waals surface area contributed by atoms with E-state index >= 15 is 0 Å². The average molecular weight is 261 g/mol. The van der Waals surface area contributed by atoms with Crippen LogP contribution in [-0.2, 0) is 11.2 Å². The van der Waals surface area contributed by atoms with Crippen LogP contribution in [0.3, 0.4) is 0 Å². The zero-order chi connectivity index (χ0) is 13.6. The summed E-state index contributed by atoms with van der Waals surface area (Å²) in [6, 6.07) is 6.75.